The van der Waals surface area contributed by atoms with Crippen molar-refractivity contribution in [2.45, 2.75) is 32.4 Å². The van der Waals surface area contributed by atoms with E-state index in [2.05, 4.69) is 11.9 Å². The van der Waals surface area contributed by atoms with Crippen LogP contribution >= 0.6 is 0 Å². The number of amides is 2. The monoisotopic (exact) mass is 380 g/mol. The predicted molar refractivity (Wildman–Crippen MR) is 111 cm³/mol. The van der Waals surface area contributed by atoms with E-state index in [1.165, 1.54) is 0 Å². The molecular weight excluding hydrogens is 352 g/mol. The Hall–Kier alpha value is -3.08. The maximum atomic E-state index is 13.0. The first-order chi connectivity index (χ1) is 13.6. The third kappa shape index (κ3) is 5.71. The summed E-state index contributed by atoms with van der Waals surface area (Å²) in [5, 5.41) is 2.84. The summed E-state index contributed by atoms with van der Waals surface area (Å²) in [4.78, 5) is 27.6. The summed E-state index contributed by atoms with van der Waals surface area (Å²) in [5.41, 5.74) is 1.71. The van der Waals surface area contributed by atoms with Crippen LogP contribution in [0, 0.1) is 0 Å². The molecule has 0 saturated heterocycles. The van der Waals surface area contributed by atoms with Crippen molar-refractivity contribution < 1.29 is 14.3 Å². The molecule has 0 saturated carbocycles. The fourth-order valence-corrected chi connectivity index (χ4v) is 2.99. The van der Waals surface area contributed by atoms with E-state index in [0.29, 0.717) is 25.9 Å². The van der Waals surface area contributed by atoms with Gasteiger partial charge in [0.05, 0.1) is 7.11 Å². The lowest BCUT2D eigenvalue weighted by atomic mass is 10.0. The second-order valence-corrected chi connectivity index (χ2v) is 6.47. The fourth-order valence-electron chi connectivity index (χ4n) is 2.99. The Labute approximate surface area is 167 Å². The maximum Gasteiger partial charge on any atom is 0.247 e. The molecular formula is C23H28N2O3. The van der Waals surface area contributed by atoms with Crippen LogP contribution in [0.5, 0.6) is 5.75 Å². The molecule has 2 aromatic carbocycles. The molecule has 1 N–H and O–H groups in total. The molecule has 0 radical (unpaired) electrons. The molecule has 148 valence electrons. The van der Waals surface area contributed by atoms with Crippen LogP contribution in [0.4, 0.5) is 0 Å². The van der Waals surface area contributed by atoms with Gasteiger partial charge in [-0.3, -0.25) is 9.59 Å². The summed E-state index contributed by atoms with van der Waals surface area (Å²) in [7, 11) is 1.61. The van der Waals surface area contributed by atoms with Crippen molar-refractivity contribution in [2.24, 2.45) is 0 Å². The molecule has 0 aromatic heterocycles. The SMILES string of the molecule is C=CCNC(=O)[C@@H](c1ccccc1)N(Cc1ccc(OC)cc1)C(=O)CCC. The number of rotatable bonds is 10. The van der Waals surface area contributed by atoms with Crippen LogP contribution in [0.25, 0.3) is 0 Å². The van der Waals surface area contributed by atoms with Crippen molar-refractivity contribution >= 4 is 11.8 Å². The highest BCUT2D eigenvalue weighted by Crippen LogP contribution is 2.25. The van der Waals surface area contributed by atoms with Gasteiger partial charge in [-0.2, -0.15) is 0 Å². The van der Waals surface area contributed by atoms with Gasteiger partial charge in [-0.15, -0.1) is 6.58 Å². The van der Waals surface area contributed by atoms with Gasteiger partial charge in [-0.1, -0.05) is 55.5 Å². The van der Waals surface area contributed by atoms with E-state index < -0.39 is 6.04 Å². The standard InChI is InChI=1S/C23H28N2O3/c1-4-9-21(26)25(17-18-12-14-20(28-3)15-13-18)22(23(27)24-16-5-2)19-10-7-6-8-11-19/h5-8,10-15,22H,2,4,9,16-17H2,1,3H3,(H,24,27)/t22-/m1/s1. The first-order valence-electron chi connectivity index (χ1n) is 9.46. The number of nitrogens with one attached hydrogen (secondary N) is 1. The summed E-state index contributed by atoms with van der Waals surface area (Å²) in [6.07, 6.45) is 2.73. The lowest BCUT2D eigenvalue weighted by Crippen LogP contribution is -2.43. The van der Waals surface area contributed by atoms with E-state index in [1.807, 2.05) is 61.5 Å². The lowest BCUT2D eigenvalue weighted by Gasteiger charge is -2.31. The number of ether oxygens (including phenoxy) is 1. The van der Waals surface area contributed by atoms with Gasteiger partial charge in [0, 0.05) is 19.5 Å². The van der Waals surface area contributed by atoms with Crippen molar-refractivity contribution in [1.82, 2.24) is 10.2 Å². The number of methoxy groups -OCH3 is 1. The number of carbonyl (C=O) groups excluding carboxylic acids is 2. The lowest BCUT2D eigenvalue weighted by molar-refractivity contribution is -0.141. The van der Waals surface area contributed by atoms with Gasteiger partial charge in [-0.25, -0.2) is 0 Å². The number of nitrogens with zero attached hydrogens (tertiary/aromatic N) is 1. The first-order valence-corrected chi connectivity index (χ1v) is 9.46. The van der Waals surface area contributed by atoms with Gasteiger partial charge >= 0.3 is 0 Å². The number of hydrogen-bond acceptors (Lipinski definition) is 3. The Kier molecular flexibility index (Phi) is 8.28. The summed E-state index contributed by atoms with van der Waals surface area (Å²) < 4.78 is 5.21. The predicted octanol–water partition coefficient (Wildman–Crippen LogP) is 3.87. The highest BCUT2D eigenvalue weighted by Gasteiger charge is 2.30. The van der Waals surface area contributed by atoms with E-state index in [9.17, 15) is 9.59 Å². The molecule has 0 fully saturated rings. The Balaban J connectivity index is 2.40. The minimum atomic E-state index is -0.706. The van der Waals surface area contributed by atoms with E-state index in [-0.39, 0.29) is 11.8 Å². The quantitative estimate of drug-likeness (QED) is 0.637. The minimum absolute atomic E-state index is 0.0547. The molecule has 0 spiro atoms. The molecule has 0 aliphatic rings. The summed E-state index contributed by atoms with van der Waals surface area (Å²) in [6, 6.07) is 16.2. The normalized spacial score (nSPS) is 11.4. The van der Waals surface area contributed by atoms with Crippen LogP contribution < -0.4 is 10.1 Å². The van der Waals surface area contributed by atoms with Crippen LogP contribution in [0.1, 0.15) is 36.9 Å². The Morgan fingerprint density at radius 3 is 2.39 bits per heavy atom. The molecule has 2 rings (SSSR count). The molecule has 0 bridgehead atoms. The topological polar surface area (TPSA) is 58.6 Å². The zero-order valence-electron chi connectivity index (χ0n) is 16.6. The molecule has 0 unspecified atom stereocenters. The van der Waals surface area contributed by atoms with Gasteiger partial charge in [0.2, 0.25) is 11.8 Å². The molecule has 5 heteroatoms. The summed E-state index contributed by atoms with van der Waals surface area (Å²) in [6.45, 7) is 6.29. The summed E-state index contributed by atoms with van der Waals surface area (Å²) >= 11 is 0. The van der Waals surface area contributed by atoms with Crippen LogP contribution in [0.15, 0.2) is 67.3 Å². The van der Waals surface area contributed by atoms with Crippen LogP contribution in [-0.4, -0.2) is 30.4 Å². The summed E-state index contributed by atoms with van der Waals surface area (Å²) in [5.74, 6) is 0.475. The second-order valence-electron chi connectivity index (χ2n) is 6.47. The average Bonchev–Trinajstić information content (AvgIpc) is 2.73. The van der Waals surface area contributed by atoms with Gasteiger partial charge in [-0.05, 0) is 29.7 Å². The maximum absolute atomic E-state index is 13.0. The third-order valence-electron chi connectivity index (χ3n) is 4.39. The van der Waals surface area contributed by atoms with Crippen LogP contribution in [0.2, 0.25) is 0 Å². The Bertz CT molecular complexity index is 772. The molecule has 0 aliphatic heterocycles. The van der Waals surface area contributed by atoms with Crippen molar-refractivity contribution in [3.05, 3.63) is 78.4 Å². The zero-order valence-corrected chi connectivity index (χ0v) is 16.6. The van der Waals surface area contributed by atoms with Gasteiger partial charge in [0.15, 0.2) is 0 Å². The van der Waals surface area contributed by atoms with Crippen LogP contribution in [-0.2, 0) is 16.1 Å². The molecule has 0 aliphatic carbocycles. The van der Waals surface area contributed by atoms with Crippen molar-refractivity contribution in [3.63, 3.8) is 0 Å². The van der Waals surface area contributed by atoms with Crippen molar-refractivity contribution in [1.29, 1.82) is 0 Å². The van der Waals surface area contributed by atoms with E-state index in [1.54, 1.807) is 18.1 Å². The Morgan fingerprint density at radius 2 is 1.82 bits per heavy atom. The molecule has 2 amide bonds. The smallest absolute Gasteiger partial charge is 0.247 e. The fraction of sp³-hybridized carbons (Fsp3) is 0.304. The van der Waals surface area contributed by atoms with Crippen molar-refractivity contribution in [3.8, 4) is 5.75 Å². The average molecular weight is 380 g/mol. The van der Waals surface area contributed by atoms with E-state index >= 15 is 0 Å². The molecule has 1 atom stereocenters. The number of hydrogen-bond donors (Lipinski definition) is 1. The van der Waals surface area contributed by atoms with Crippen molar-refractivity contribution in [2.75, 3.05) is 13.7 Å². The van der Waals surface area contributed by atoms with E-state index in [4.69, 9.17) is 4.74 Å². The molecule has 5 nitrogen and oxygen atoms in total. The van der Waals surface area contributed by atoms with Gasteiger partial charge in [0.1, 0.15) is 11.8 Å². The molecule has 28 heavy (non-hydrogen) atoms. The zero-order chi connectivity index (χ0) is 20.4. The number of benzene rings is 2. The van der Waals surface area contributed by atoms with Gasteiger partial charge in [0.25, 0.3) is 0 Å². The minimum Gasteiger partial charge on any atom is -0.497 e. The van der Waals surface area contributed by atoms with Crippen LogP contribution in [0.3, 0.4) is 0 Å². The van der Waals surface area contributed by atoms with E-state index in [0.717, 1.165) is 16.9 Å². The molecule has 2 aromatic rings. The highest BCUT2D eigenvalue weighted by molar-refractivity contribution is 5.88. The first kappa shape index (κ1) is 21.2. The third-order valence-corrected chi connectivity index (χ3v) is 4.39. The number of carbonyl (C=O) groups is 2. The Morgan fingerprint density at radius 1 is 1.14 bits per heavy atom. The second kappa shape index (κ2) is 10.9. The molecule has 0 heterocycles. The van der Waals surface area contributed by atoms with Gasteiger partial charge < -0.3 is 15.0 Å². The highest BCUT2D eigenvalue weighted by atomic mass is 16.5. The largest absolute Gasteiger partial charge is 0.497 e.